The van der Waals surface area contributed by atoms with E-state index < -0.39 is 17.7 Å². The highest BCUT2D eigenvalue weighted by molar-refractivity contribution is 5.50. The van der Waals surface area contributed by atoms with Gasteiger partial charge in [-0.3, -0.25) is 0 Å². The van der Waals surface area contributed by atoms with E-state index in [2.05, 4.69) is 5.32 Å². The Morgan fingerprint density at radius 3 is 2.40 bits per heavy atom. The lowest BCUT2D eigenvalue weighted by molar-refractivity contribution is 0.186. The average Bonchev–Trinajstić information content (AvgIpc) is 2.40. The summed E-state index contributed by atoms with van der Waals surface area (Å²) in [6, 6.07) is 7.07. The maximum Gasteiger partial charge on any atom is 0.129 e. The summed E-state index contributed by atoms with van der Waals surface area (Å²) < 4.78 is 39.5. The zero-order valence-corrected chi connectivity index (χ0v) is 10.8. The number of hydrogen-bond donors (Lipinski definition) is 2. The zero-order chi connectivity index (χ0) is 14.7. The van der Waals surface area contributed by atoms with Crippen LogP contribution in [0.4, 0.5) is 18.9 Å². The monoisotopic (exact) mass is 281 g/mol. The van der Waals surface area contributed by atoms with E-state index >= 15 is 0 Å². The highest BCUT2D eigenvalue weighted by atomic mass is 19.1. The average molecular weight is 281 g/mol. The predicted molar refractivity (Wildman–Crippen MR) is 70.9 cm³/mol. The molecule has 2 rings (SSSR count). The van der Waals surface area contributed by atoms with E-state index in [1.54, 1.807) is 6.92 Å². The minimum atomic E-state index is -1.20. The van der Waals surface area contributed by atoms with Crippen LogP contribution in [0, 0.1) is 24.4 Å². The third kappa shape index (κ3) is 3.30. The summed E-state index contributed by atoms with van der Waals surface area (Å²) in [5.74, 6) is -1.64. The minimum Gasteiger partial charge on any atom is -0.386 e. The van der Waals surface area contributed by atoms with Crippen molar-refractivity contribution >= 4 is 5.69 Å². The minimum absolute atomic E-state index is 0.00710. The summed E-state index contributed by atoms with van der Waals surface area (Å²) in [5, 5.41) is 12.8. The molecule has 0 aliphatic rings. The number of aliphatic hydroxyl groups is 1. The number of rotatable bonds is 4. The van der Waals surface area contributed by atoms with E-state index in [0.29, 0.717) is 11.3 Å². The van der Waals surface area contributed by atoms with Gasteiger partial charge in [-0.15, -0.1) is 0 Å². The van der Waals surface area contributed by atoms with Crippen LogP contribution in [0.3, 0.4) is 0 Å². The van der Waals surface area contributed by atoms with Gasteiger partial charge < -0.3 is 10.4 Å². The van der Waals surface area contributed by atoms with Crippen LogP contribution in [0.5, 0.6) is 0 Å². The van der Waals surface area contributed by atoms with Crippen molar-refractivity contribution in [3.63, 3.8) is 0 Å². The summed E-state index contributed by atoms with van der Waals surface area (Å²) in [6.07, 6.45) is -1.20. The SMILES string of the molecule is Cc1cc(F)ccc1NCC(O)c1cc(F)ccc1F. The summed E-state index contributed by atoms with van der Waals surface area (Å²) in [5.41, 5.74) is 1.18. The Morgan fingerprint density at radius 1 is 1.05 bits per heavy atom. The molecule has 2 aromatic rings. The summed E-state index contributed by atoms with van der Waals surface area (Å²) in [6.45, 7) is 1.70. The van der Waals surface area contributed by atoms with E-state index in [0.717, 1.165) is 18.2 Å². The Bertz CT molecular complexity index is 616. The second-order valence-electron chi connectivity index (χ2n) is 4.52. The molecule has 20 heavy (non-hydrogen) atoms. The molecule has 0 aromatic heterocycles. The topological polar surface area (TPSA) is 32.3 Å². The Balaban J connectivity index is 2.08. The van der Waals surface area contributed by atoms with Crippen molar-refractivity contribution < 1.29 is 18.3 Å². The van der Waals surface area contributed by atoms with Crippen LogP contribution < -0.4 is 5.32 Å². The summed E-state index contributed by atoms with van der Waals surface area (Å²) in [4.78, 5) is 0. The standard InChI is InChI=1S/C15H14F3NO/c1-9-6-10(16)3-5-14(9)19-8-15(20)12-7-11(17)2-4-13(12)18/h2-7,15,19-20H,8H2,1H3. The van der Waals surface area contributed by atoms with E-state index in [1.165, 1.54) is 18.2 Å². The number of hydrogen-bond acceptors (Lipinski definition) is 2. The first-order valence-electron chi connectivity index (χ1n) is 6.10. The third-order valence-corrected chi connectivity index (χ3v) is 2.99. The first-order valence-corrected chi connectivity index (χ1v) is 6.10. The molecular weight excluding hydrogens is 267 g/mol. The Morgan fingerprint density at radius 2 is 1.70 bits per heavy atom. The molecule has 2 N–H and O–H groups in total. The molecule has 0 saturated heterocycles. The van der Waals surface area contributed by atoms with Crippen LogP contribution in [0.2, 0.25) is 0 Å². The normalized spacial score (nSPS) is 12.2. The number of aliphatic hydroxyl groups excluding tert-OH is 1. The molecule has 0 bridgehead atoms. The van der Waals surface area contributed by atoms with Gasteiger partial charge in [0.25, 0.3) is 0 Å². The van der Waals surface area contributed by atoms with Crippen LogP contribution in [-0.4, -0.2) is 11.7 Å². The fraction of sp³-hybridized carbons (Fsp3) is 0.200. The fourth-order valence-corrected chi connectivity index (χ4v) is 1.91. The largest absolute Gasteiger partial charge is 0.386 e. The maximum atomic E-state index is 13.5. The number of benzene rings is 2. The molecule has 0 aliphatic carbocycles. The van der Waals surface area contributed by atoms with Crippen molar-refractivity contribution in [3.8, 4) is 0 Å². The molecule has 0 spiro atoms. The summed E-state index contributed by atoms with van der Waals surface area (Å²) >= 11 is 0. The number of aryl methyl sites for hydroxylation is 1. The molecular formula is C15H14F3NO. The number of anilines is 1. The third-order valence-electron chi connectivity index (χ3n) is 2.99. The second-order valence-corrected chi connectivity index (χ2v) is 4.52. The maximum absolute atomic E-state index is 13.5. The molecule has 106 valence electrons. The van der Waals surface area contributed by atoms with E-state index in [9.17, 15) is 18.3 Å². The Hall–Kier alpha value is -2.01. The highest BCUT2D eigenvalue weighted by Gasteiger charge is 2.14. The molecule has 5 heteroatoms. The smallest absolute Gasteiger partial charge is 0.129 e. The van der Waals surface area contributed by atoms with Crippen LogP contribution in [0.1, 0.15) is 17.2 Å². The van der Waals surface area contributed by atoms with Gasteiger partial charge in [-0.2, -0.15) is 0 Å². The molecule has 1 atom stereocenters. The van der Waals surface area contributed by atoms with Gasteiger partial charge in [-0.05, 0) is 48.9 Å². The predicted octanol–water partition coefficient (Wildman–Crippen LogP) is 3.56. The lowest BCUT2D eigenvalue weighted by Crippen LogP contribution is -2.14. The van der Waals surface area contributed by atoms with Crippen molar-refractivity contribution in [1.82, 2.24) is 0 Å². The van der Waals surface area contributed by atoms with Gasteiger partial charge in [0.05, 0.1) is 6.10 Å². The number of nitrogens with one attached hydrogen (secondary N) is 1. The van der Waals surface area contributed by atoms with Gasteiger partial charge in [0, 0.05) is 17.8 Å². The quantitative estimate of drug-likeness (QED) is 0.898. The first kappa shape index (κ1) is 14.4. The van der Waals surface area contributed by atoms with Crippen LogP contribution in [-0.2, 0) is 0 Å². The van der Waals surface area contributed by atoms with Crippen molar-refractivity contribution in [1.29, 1.82) is 0 Å². The highest BCUT2D eigenvalue weighted by Crippen LogP contribution is 2.21. The molecule has 0 saturated carbocycles. The molecule has 0 fully saturated rings. The van der Waals surface area contributed by atoms with E-state index in [1.807, 2.05) is 0 Å². The van der Waals surface area contributed by atoms with Gasteiger partial charge >= 0.3 is 0 Å². The first-order chi connectivity index (χ1) is 9.47. The Kier molecular flexibility index (Phi) is 4.29. The Labute approximate surface area is 114 Å². The van der Waals surface area contributed by atoms with Crippen molar-refractivity contribution in [2.75, 3.05) is 11.9 Å². The zero-order valence-electron chi connectivity index (χ0n) is 10.8. The van der Waals surface area contributed by atoms with Crippen molar-refractivity contribution in [2.24, 2.45) is 0 Å². The molecule has 0 radical (unpaired) electrons. The fourth-order valence-electron chi connectivity index (χ4n) is 1.91. The van der Waals surface area contributed by atoms with Crippen molar-refractivity contribution in [2.45, 2.75) is 13.0 Å². The lowest BCUT2D eigenvalue weighted by Gasteiger charge is -2.15. The van der Waals surface area contributed by atoms with Crippen LogP contribution in [0.15, 0.2) is 36.4 Å². The van der Waals surface area contributed by atoms with Gasteiger partial charge in [-0.1, -0.05) is 0 Å². The van der Waals surface area contributed by atoms with E-state index in [-0.39, 0.29) is 17.9 Å². The van der Waals surface area contributed by atoms with Gasteiger partial charge in [-0.25, -0.2) is 13.2 Å². The molecule has 1 unspecified atom stereocenters. The summed E-state index contributed by atoms with van der Waals surface area (Å²) in [7, 11) is 0. The molecule has 2 aromatic carbocycles. The lowest BCUT2D eigenvalue weighted by atomic mass is 10.1. The molecule has 2 nitrogen and oxygen atoms in total. The molecule has 0 amide bonds. The van der Waals surface area contributed by atoms with Crippen molar-refractivity contribution in [3.05, 3.63) is 65.0 Å². The molecule has 0 aliphatic heterocycles. The van der Waals surface area contributed by atoms with Gasteiger partial charge in [0.2, 0.25) is 0 Å². The van der Waals surface area contributed by atoms with Crippen LogP contribution in [0.25, 0.3) is 0 Å². The van der Waals surface area contributed by atoms with Gasteiger partial charge in [0.1, 0.15) is 17.5 Å². The molecule has 0 heterocycles. The number of halogens is 3. The van der Waals surface area contributed by atoms with Crippen LogP contribution >= 0.6 is 0 Å². The second kappa shape index (κ2) is 5.96. The van der Waals surface area contributed by atoms with Gasteiger partial charge in [0.15, 0.2) is 0 Å². The van der Waals surface area contributed by atoms with E-state index in [4.69, 9.17) is 0 Å².